The van der Waals surface area contributed by atoms with E-state index in [4.69, 9.17) is 21.7 Å². The number of anilines is 1. The van der Waals surface area contributed by atoms with Gasteiger partial charge in [-0.25, -0.2) is 23.7 Å². The largest absolute Gasteiger partial charge is 0.478 e. The molecule has 0 aliphatic carbocycles. The molecule has 9 N–H and O–H groups in total. The van der Waals surface area contributed by atoms with E-state index >= 15 is 0 Å². The van der Waals surface area contributed by atoms with E-state index in [0.717, 1.165) is 17.7 Å². The molecule has 0 bridgehead atoms. The number of amides is 2. The monoisotopic (exact) mass is 573 g/mol. The number of aliphatic carboxylic acids is 1. The summed E-state index contributed by atoms with van der Waals surface area (Å²) >= 11 is 0.942. The molecule has 2 amide bonds. The van der Waals surface area contributed by atoms with Crippen LogP contribution in [0.2, 0.25) is 0 Å². The van der Waals surface area contributed by atoms with E-state index in [0.29, 0.717) is 0 Å². The second-order valence-corrected chi connectivity index (χ2v) is 10.4. The van der Waals surface area contributed by atoms with Gasteiger partial charge in [0.2, 0.25) is 5.60 Å². The molecule has 1 fully saturated rings. The molecule has 2 unspecified atom stereocenters. The molecule has 3 heterocycles. The Bertz CT molecular complexity index is 1400. The molecule has 1 aliphatic rings. The van der Waals surface area contributed by atoms with Crippen molar-refractivity contribution in [2.45, 2.75) is 44.6 Å². The topological polar surface area (TPSA) is 294 Å². The molecule has 0 spiro atoms. The van der Waals surface area contributed by atoms with E-state index in [1.807, 2.05) is 0 Å². The molecule has 0 saturated carbocycles. The number of carboxylic acids is 1. The number of aromatic nitrogens is 4. The third-order valence-electron chi connectivity index (χ3n) is 5.06. The first-order valence-corrected chi connectivity index (χ1v) is 12.7. The number of oxime groups is 1. The fourth-order valence-electron chi connectivity index (χ4n) is 3.08. The molecule has 0 aromatic carbocycles. The van der Waals surface area contributed by atoms with Gasteiger partial charge in [-0.1, -0.05) is 5.16 Å². The zero-order valence-electron chi connectivity index (χ0n) is 19.7. The lowest BCUT2D eigenvalue weighted by atomic mass is 9.98. The number of carboxylic acid groups (broad SMARTS) is 1. The first kappa shape index (κ1) is 28.2. The molecule has 2 aromatic heterocycles. The standard InChI is InChI=1S/C17H23N11O8S2/c1-17(2,14(31)32)36-26-10(7-5-37-16(20)24-7)12(29)25-11-8(28(13(11)30)38(33,34)35)4-27-9(22-6-23-27)3-21-15(18)19/h5-6,8,11H,3-4H2,1-2H3,(H2,20,24)(H,25,29)(H,31,32)(H4,18,19,21)(H,33,34,35)/b26-10-. The lowest BCUT2D eigenvalue weighted by molar-refractivity contribution is -0.161. The molecule has 38 heavy (non-hydrogen) atoms. The SMILES string of the molecule is CC(C)(O/N=C(\C(=O)NC1C(=O)N(S(=O)(=O)O)C1Cn1ncnc1CNC(=N)N)c1csc(N)n1)C(=O)O. The number of guanidine groups is 1. The second kappa shape index (κ2) is 10.5. The number of β-lactam (4-membered cyclic amide) rings is 1. The zero-order chi connectivity index (χ0) is 28.4. The average Bonchev–Trinajstić information content (AvgIpc) is 3.43. The third kappa shape index (κ3) is 6.12. The Hall–Kier alpha value is -4.37. The van der Waals surface area contributed by atoms with Crippen LogP contribution in [0.3, 0.4) is 0 Å². The van der Waals surface area contributed by atoms with Crippen LogP contribution in [0.15, 0.2) is 16.9 Å². The van der Waals surface area contributed by atoms with Crippen molar-refractivity contribution in [1.29, 1.82) is 5.41 Å². The molecule has 1 aliphatic heterocycles. The number of hydrogen-bond donors (Lipinski definition) is 7. The van der Waals surface area contributed by atoms with E-state index in [2.05, 4.69) is 30.9 Å². The van der Waals surface area contributed by atoms with Crippen LogP contribution in [0, 0.1) is 5.41 Å². The number of nitrogens with one attached hydrogen (secondary N) is 3. The van der Waals surface area contributed by atoms with Crippen molar-refractivity contribution in [2.24, 2.45) is 10.9 Å². The van der Waals surface area contributed by atoms with E-state index in [-0.39, 0.29) is 40.0 Å². The van der Waals surface area contributed by atoms with Gasteiger partial charge in [0.15, 0.2) is 16.8 Å². The maximum absolute atomic E-state index is 13.1. The first-order chi connectivity index (χ1) is 17.6. The number of nitrogen functional groups attached to an aromatic ring is 1. The molecular weight excluding hydrogens is 550 g/mol. The Kier molecular flexibility index (Phi) is 7.83. The van der Waals surface area contributed by atoms with E-state index < -0.39 is 51.5 Å². The Labute approximate surface area is 218 Å². The van der Waals surface area contributed by atoms with Gasteiger partial charge in [0.05, 0.1) is 19.1 Å². The molecule has 0 radical (unpaired) electrons. The van der Waals surface area contributed by atoms with Crippen molar-refractivity contribution in [3.8, 4) is 0 Å². The van der Waals surface area contributed by atoms with Crippen molar-refractivity contribution in [2.75, 3.05) is 5.73 Å². The van der Waals surface area contributed by atoms with E-state index in [1.165, 1.54) is 23.9 Å². The van der Waals surface area contributed by atoms with Crippen molar-refractivity contribution in [3.05, 3.63) is 23.2 Å². The van der Waals surface area contributed by atoms with Gasteiger partial charge >= 0.3 is 16.3 Å². The van der Waals surface area contributed by atoms with Gasteiger partial charge < -0.3 is 32.0 Å². The zero-order valence-corrected chi connectivity index (χ0v) is 21.4. The van der Waals surface area contributed by atoms with Crippen molar-refractivity contribution >= 4 is 56.2 Å². The summed E-state index contributed by atoms with van der Waals surface area (Å²) in [5, 5.41) is 30.2. The van der Waals surface area contributed by atoms with Gasteiger partial charge in [0.25, 0.3) is 11.8 Å². The van der Waals surface area contributed by atoms with Gasteiger partial charge in [-0.05, 0) is 13.8 Å². The fourth-order valence-corrected chi connectivity index (χ4v) is 4.50. The number of carbonyl (C=O) groups is 3. The Morgan fingerprint density at radius 2 is 2.08 bits per heavy atom. The number of carbonyl (C=O) groups excluding carboxylic acids is 2. The molecule has 19 nitrogen and oxygen atoms in total. The quantitative estimate of drug-likeness (QED) is 0.0466. The maximum Gasteiger partial charge on any atom is 0.362 e. The number of nitrogens with two attached hydrogens (primary N) is 2. The van der Waals surface area contributed by atoms with Crippen LogP contribution in [-0.2, 0) is 42.6 Å². The summed E-state index contributed by atoms with van der Waals surface area (Å²) in [6.45, 7) is 1.92. The summed E-state index contributed by atoms with van der Waals surface area (Å²) < 4.78 is 34.6. The van der Waals surface area contributed by atoms with Gasteiger partial charge in [0.1, 0.15) is 23.9 Å². The Morgan fingerprint density at radius 1 is 1.39 bits per heavy atom. The summed E-state index contributed by atoms with van der Waals surface area (Å²) in [6, 6.07) is -2.87. The average molecular weight is 574 g/mol. The van der Waals surface area contributed by atoms with Crippen LogP contribution in [0.1, 0.15) is 25.4 Å². The minimum Gasteiger partial charge on any atom is -0.478 e. The number of thiazole rings is 1. The molecule has 2 aromatic rings. The molecular formula is C17H23N11O8S2. The molecule has 3 rings (SSSR count). The van der Waals surface area contributed by atoms with Crippen LogP contribution in [0.4, 0.5) is 5.13 Å². The third-order valence-corrected chi connectivity index (χ3v) is 6.68. The van der Waals surface area contributed by atoms with Crippen LogP contribution in [0.5, 0.6) is 0 Å². The second-order valence-electron chi connectivity index (χ2n) is 8.17. The van der Waals surface area contributed by atoms with Crippen molar-refractivity contribution < 1.29 is 37.3 Å². The minimum absolute atomic E-state index is 0.0472. The summed E-state index contributed by atoms with van der Waals surface area (Å²) in [5.74, 6) is -3.81. The van der Waals surface area contributed by atoms with E-state index in [9.17, 15) is 32.5 Å². The van der Waals surface area contributed by atoms with Crippen molar-refractivity contribution in [1.82, 2.24) is 34.7 Å². The predicted molar refractivity (Wildman–Crippen MR) is 129 cm³/mol. The molecule has 1 saturated heterocycles. The highest BCUT2D eigenvalue weighted by Crippen LogP contribution is 2.26. The molecule has 2 atom stereocenters. The predicted octanol–water partition coefficient (Wildman–Crippen LogP) is -2.92. The highest BCUT2D eigenvalue weighted by molar-refractivity contribution is 7.84. The lowest BCUT2D eigenvalue weighted by Gasteiger charge is -2.44. The maximum atomic E-state index is 13.1. The van der Waals surface area contributed by atoms with Gasteiger partial charge in [0, 0.05) is 5.38 Å². The normalized spacial score (nSPS) is 18.0. The van der Waals surface area contributed by atoms with Crippen LogP contribution >= 0.6 is 11.3 Å². The summed E-state index contributed by atoms with van der Waals surface area (Å²) in [5.41, 5.74) is 8.38. The first-order valence-electron chi connectivity index (χ1n) is 10.4. The number of hydrogen-bond acceptors (Lipinski definition) is 13. The highest BCUT2D eigenvalue weighted by atomic mass is 32.2. The van der Waals surface area contributed by atoms with Crippen LogP contribution in [0.25, 0.3) is 0 Å². The highest BCUT2D eigenvalue weighted by Gasteiger charge is 2.54. The summed E-state index contributed by atoms with van der Waals surface area (Å²) in [7, 11) is -5.03. The molecule has 206 valence electrons. The van der Waals surface area contributed by atoms with Gasteiger partial charge in [-0.15, -0.1) is 11.3 Å². The van der Waals surface area contributed by atoms with E-state index in [1.54, 1.807) is 0 Å². The van der Waals surface area contributed by atoms with Gasteiger partial charge in [-0.3, -0.25) is 19.6 Å². The number of rotatable bonds is 11. The minimum atomic E-state index is -5.03. The smallest absolute Gasteiger partial charge is 0.362 e. The summed E-state index contributed by atoms with van der Waals surface area (Å²) in [4.78, 5) is 50.0. The Balaban J connectivity index is 1.89. The molecule has 21 heteroatoms. The van der Waals surface area contributed by atoms with Crippen molar-refractivity contribution in [3.63, 3.8) is 0 Å². The van der Waals surface area contributed by atoms with Crippen LogP contribution < -0.4 is 22.1 Å². The lowest BCUT2D eigenvalue weighted by Crippen LogP contribution is -2.73. The van der Waals surface area contributed by atoms with Gasteiger partial charge in [-0.2, -0.15) is 13.5 Å². The van der Waals surface area contributed by atoms with Crippen LogP contribution in [-0.4, -0.2) is 89.3 Å². The summed E-state index contributed by atoms with van der Waals surface area (Å²) in [6.07, 6.45) is 1.13. The Morgan fingerprint density at radius 3 is 2.63 bits per heavy atom. The number of nitrogens with zero attached hydrogens (tertiary/aromatic N) is 6. The fraction of sp³-hybridized carbons (Fsp3) is 0.412.